The van der Waals surface area contributed by atoms with Gasteiger partial charge < -0.3 is 19.1 Å². The molecule has 0 radical (unpaired) electrons. The van der Waals surface area contributed by atoms with E-state index in [9.17, 15) is 9.59 Å². The van der Waals surface area contributed by atoms with E-state index in [1.165, 1.54) is 7.11 Å². The van der Waals surface area contributed by atoms with Crippen LogP contribution >= 0.6 is 0 Å². The molecule has 1 aliphatic rings. The molecule has 6 heteroatoms. The van der Waals surface area contributed by atoms with Crippen molar-refractivity contribution in [3.05, 3.63) is 41.5 Å². The summed E-state index contributed by atoms with van der Waals surface area (Å²) >= 11 is 0. The van der Waals surface area contributed by atoms with Gasteiger partial charge in [0.05, 0.1) is 25.8 Å². The van der Waals surface area contributed by atoms with Gasteiger partial charge in [0.25, 0.3) is 5.91 Å². The van der Waals surface area contributed by atoms with E-state index in [1.807, 2.05) is 6.08 Å². The van der Waals surface area contributed by atoms with Gasteiger partial charge in [-0.2, -0.15) is 0 Å². The summed E-state index contributed by atoms with van der Waals surface area (Å²) < 4.78 is 15.2. The number of amides is 1. The molecule has 0 aromatic heterocycles. The van der Waals surface area contributed by atoms with Crippen LogP contribution in [0.25, 0.3) is 0 Å². The Kier molecular flexibility index (Phi) is 6.17. The van der Waals surface area contributed by atoms with Gasteiger partial charge in [-0.15, -0.1) is 0 Å². The molecule has 2 rings (SSSR count). The number of hydrogen-bond donors (Lipinski definition) is 0. The molecule has 0 N–H and O–H groups in total. The zero-order valence-electron chi connectivity index (χ0n) is 13.4. The molecule has 0 bridgehead atoms. The van der Waals surface area contributed by atoms with Crippen LogP contribution in [0.4, 0.5) is 0 Å². The van der Waals surface area contributed by atoms with Crippen molar-refractivity contribution >= 4 is 11.9 Å². The quantitative estimate of drug-likeness (QED) is 0.589. The van der Waals surface area contributed by atoms with Crippen LogP contribution in [0.15, 0.2) is 35.9 Å². The molecule has 1 heterocycles. The number of benzene rings is 1. The fourth-order valence-electron chi connectivity index (χ4n) is 2.34. The van der Waals surface area contributed by atoms with Gasteiger partial charge in [0.1, 0.15) is 12.4 Å². The Balaban J connectivity index is 2.04. The Hall–Kier alpha value is -2.34. The van der Waals surface area contributed by atoms with Gasteiger partial charge in [-0.05, 0) is 24.6 Å². The molecule has 0 fully saturated rings. The predicted molar refractivity (Wildman–Crippen MR) is 84.4 cm³/mol. The van der Waals surface area contributed by atoms with E-state index in [4.69, 9.17) is 14.2 Å². The lowest BCUT2D eigenvalue weighted by Gasteiger charge is -2.26. The van der Waals surface area contributed by atoms with E-state index in [0.29, 0.717) is 43.1 Å². The van der Waals surface area contributed by atoms with Crippen LogP contribution in [0, 0.1) is 0 Å². The first-order chi connectivity index (χ1) is 11.2. The molecule has 1 amide bonds. The summed E-state index contributed by atoms with van der Waals surface area (Å²) in [7, 11) is 2.94. The van der Waals surface area contributed by atoms with Crippen molar-refractivity contribution in [2.45, 2.75) is 6.42 Å². The van der Waals surface area contributed by atoms with Gasteiger partial charge in [0, 0.05) is 19.2 Å². The molecule has 0 unspecified atom stereocenters. The number of rotatable bonds is 6. The van der Waals surface area contributed by atoms with Crippen molar-refractivity contribution in [2.75, 3.05) is 40.5 Å². The molecular formula is C17H21NO5. The van der Waals surface area contributed by atoms with E-state index in [-0.39, 0.29) is 18.4 Å². The van der Waals surface area contributed by atoms with Crippen molar-refractivity contribution in [2.24, 2.45) is 0 Å². The highest BCUT2D eigenvalue weighted by molar-refractivity contribution is 5.96. The average Bonchev–Trinajstić information content (AvgIpc) is 2.61. The minimum absolute atomic E-state index is 0.128. The topological polar surface area (TPSA) is 65.1 Å². The van der Waals surface area contributed by atoms with Gasteiger partial charge >= 0.3 is 5.97 Å². The molecule has 0 spiro atoms. The van der Waals surface area contributed by atoms with Crippen molar-refractivity contribution in [3.8, 4) is 5.75 Å². The highest BCUT2D eigenvalue weighted by Crippen LogP contribution is 2.18. The Bertz CT molecular complexity index is 596. The lowest BCUT2D eigenvalue weighted by molar-refractivity contribution is -0.136. The van der Waals surface area contributed by atoms with Crippen LogP contribution in [0.2, 0.25) is 0 Å². The number of nitrogens with zero attached hydrogens (tertiary/aromatic N) is 1. The van der Waals surface area contributed by atoms with E-state index in [0.717, 1.165) is 0 Å². The molecule has 23 heavy (non-hydrogen) atoms. The molecule has 0 aliphatic carbocycles. The van der Waals surface area contributed by atoms with Gasteiger partial charge in [-0.3, -0.25) is 4.79 Å². The third-order valence-electron chi connectivity index (χ3n) is 3.52. The standard InChI is InChI=1S/C17H21NO5/c1-21-9-10-23-15-7-3-5-13(11-15)16(19)18-8-4-6-14(12-18)17(20)22-2/h3,5-7,11H,4,8-10,12H2,1-2H3. The molecular weight excluding hydrogens is 298 g/mol. The highest BCUT2D eigenvalue weighted by atomic mass is 16.5. The molecule has 1 aromatic carbocycles. The zero-order valence-corrected chi connectivity index (χ0v) is 13.4. The number of carbonyl (C=O) groups excluding carboxylic acids is 2. The lowest BCUT2D eigenvalue weighted by atomic mass is 10.1. The Labute approximate surface area is 135 Å². The van der Waals surface area contributed by atoms with E-state index < -0.39 is 0 Å². The number of esters is 1. The van der Waals surface area contributed by atoms with Crippen molar-refractivity contribution in [1.82, 2.24) is 4.90 Å². The summed E-state index contributed by atoms with van der Waals surface area (Å²) in [5, 5.41) is 0. The van der Waals surface area contributed by atoms with Crippen LogP contribution in [0.5, 0.6) is 5.75 Å². The third kappa shape index (κ3) is 4.56. The summed E-state index contributed by atoms with van der Waals surface area (Å²) in [6.07, 6.45) is 2.46. The maximum absolute atomic E-state index is 12.6. The number of ether oxygens (including phenoxy) is 3. The molecule has 1 aliphatic heterocycles. The number of carbonyl (C=O) groups is 2. The van der Waals surface area contributed by atoms with Crippen LogP contribution in [-0.2, 0) is 14.3 Å². The Morgan fingerprint density at radius 3 is 2.78 bits per heavy atom. The molecule has 0 saturated heterocycles. The fourth-order valence-corrected chi connectivity index (χ4v) is 2.34. The SMILES string of the molecule is COCCOc1cccc(C(=O)N2CCC=C(C(=O)OC)C2)c1. The number of methoxy groups -OCH3 is 2. The van der Waals surface area contributed by atoms with E-state index in [1.54, 1.807) is 36.3 Å². The van der Waals surface area contributed by atoms with Crippen LogP contribution in [-0.4, -0.2) is 57.3 Å². The minimum atomic E-state index is -0.390. The van der Waals surface area contributed by atoms with Crippen LogP contribution in [0.3, 0.4) is 0 Å². The van der Waals surface area contributed by atoms with Crippen molar-refractivity contribution in [3.63, 3.8) is 0 Å². The van der Waals surface area contributed by atoms with E-state index >= 15 is 0 Å². The second kappa shape index (κ2) is 8.33. The minimum Gasteiger partial charge on any atom is -0.491 e. The number of hydrogen-bond acceptors (Lipinski definition) is 5. The summed E-state index contributed by atoms with van der Waals surface area (Å²) in [5.74, 6) is 0.101. The van der Waals surface area contributed by atoms with Crippen LogP contribution < -0.4 is 4.74 Å². The first-order valence-electron chi connectivity index (χ1n) is 7.44. The highest BCUT2D eigenvalue weighted by Gasteiger charge is 2.23. The summed E-state index contributed by atoms with van der Waals surface area (Å²) in [4.78, 5) is 25.9. The largest absolute Gasteiger partial charge is 0.491 e. The van der Waals surface area contributed by atoms with Gasteiger partial charge in [0.2, 0.25) is 0 Å². The van der Waals surface area contributed by atoms with Gasteiger partial charge in [-0.1, -0.05) is 12.1 Å². The molecule has 0 atom stereocenters. The smallest absolute Gasteiger partial charge is 0.335 e. The second-order valence-corrected chi connectivity index (χ2v) is 5.11. The van der Waals surface area contributed by atoms with Crippen LogP contribution in [0.1, 0.15) is 16.8 Å². The van der Waals surface area contributed by atoms with Gasteiger partial charge in [-0.25, -0.2) is 4.79 Å². The van der Waals surface area contributed by atoms with Crippen molar-refractivity contribution in [1.29, 1.82) is 0 Å². The lowest BCUT2D eigenvalue weighted by Crippen LogP contribution is -2.37. The summed E-state index contributed by atoms with van der Waals surface area (Å²) in [5.41, 5.74) is 1.05. The average molecular weight is 319 g/mol. The second-order valence-electron chi connectivity index (χ2n) is 5.11. The molecule has 0 saturated carbocycles. The Morgan fingerprint density at radius 1 is 1.22 bits per heavy atom. The Morgan fingerprint density at radius 2 is 2.04 bits per heavy atom. The molecule has 6 nitrogen and oxygen atoms in total. The maximum atomic E-state index is 12.6. The normalized spacial score (nSPS) is 14.2. The third-order valence-corrected chi connectivity index (χ3v) is 3.52. The molecule has 124 valence electrons. The predicted octanol–water partition coefficient (Wildman–Crippen LogP) is 1.66. The van der Waals surface area contributed by atoms with Crippen molar-refractivity contribution < 1.29 is 23.8 Å². The first kappa shape index (κ1) is 17.0. The molecule has 1 aromatic rings. The maximum Gasteiger partial charge on any atom is 0.335 e. The zero-order chi connectivity index (χ0) is 16.7. The van der Waals surface area contributed by atoms with Gasteiger partial charge in [0.15, 0.2) is 0 Å². The summed E-state index contributed by atoms with van der Waals surface area (Å²) in [6.45, 7) is 1.75. The fraction of sp³-hybridized carbons (Fsp3) is 0.412. The summed E-state index contributed by atoms with van der Waals surface area (Å²) in [6, 6.07) is 7.01. The first-order valence-corrected chi connectivity index (χ1v) is 7.44. The van der Waals surface area contributed by atoms with E-state index in [2.05, 4.69) is 0 Å². The monoisotopic (exact) mass is 319 g/mol.